The number of quaternary nitrogens is 1. The largest absolute Gasteiger partial charge is 0.550 e. The molecule has 98 valence electrons. The molecule has 0 rings (SSSR count). The van der Waals surface area contributed by atoms with E-state index in [9.17, 15) is 18.3 Å². The molecule has 1 atom stereocenters. The van der Waals surface area contributed by atoms with Crippen molar-refractivity contribution in [3.05, 3.63) is 0 Å². The summed E-state index contributed by atoms with van der Waals surface area (Å²) in [6.07, 6.45) is -0.373. The Balaban J connectivity index is 0. The van der Waals surface area contributed by atoms with Crippen LogP contribution in [0.1, 0.15) is 6.42 Å². The van der Waals surface area contributed by atoms with Crippen molar-refractivity contribution in [3.8, 4) is 0 Å². The average molecular weight is 257 g/mol. The molecule has 0 spiro atoms. The van der Waals surface area contributed by atoms with Gasteiger partial charge in [0.05, 0.1) is 27.4 Å². The minimum Gasteiger partial charge on any atom is -0.550 e. The lowest BCUT2D eigenvalue weighted by Crippen LogP contribution is -2.43. The summed E-state index contributed by atoms with van der Waals surface area (Å²) in [6.45, 7) is 0.425. The number of aliphatic hydroxyl groups excluding tert-OH is 1. The summed E-state index contributed by atoms with van der Waals surface area (Å²) in [6, 6.07) is 0. The van der Waals surface area contributed by atoms with Gasteiger partial charge in [-0.15, -0.1) is 0 Å². The second kappa shape index (κ2) is 6.79. The number of nitrogens with zero attached hydrogens (tertiary/aromatic N) is 1. The van der Waals surface area contributed by atoms with E-state index in [1.807, 2.05) is 21.1 Å². The van der Waals surface area contributed by atoms with Crippen LogP contribution in [0.2, 0.25) is 0 Å². The van der Waals surface area contributed by atoms with Crippen LogP contribution in [0.3, 0.4) is 0 Å². The van der Waals surface area contributed by atoms with Crippen molar-refractivity contribution in [2.45, 2.75) is 12.5 Å². The molecule has 0 aromatic heterocycles. The van der Waals surface area contributed by atoms with Gasteiger partial charge >= 0.3 is 0 Å². The van der Waals surface area contributed by atoms with E-state index in [1.165, 1.54) is 0 Å². The number of carboxylic acid groups (broad SMARTS) is 1. The van der Waals surface area contributed by atoms with Gasteiger partial charge < -0.3 is 19.5 Å². The first kappa shape index (κ1) is 17.7. The van der Waals surface area contributed by atoms with Crippen LogP contribution in [-0.4, -0.2) is 68.6 Å². The number of carboxylic acids is 1. The van der Waals surface area contributed by atoms with E-state index in [1.54, 1.807) is 0 Å². The summed E-state index contributed by atoms with van der Waals surface area (Å²) in [4.78, 5) is 10.0. The van der Waals surface area contributed by atoms with E-state index >= 15 is 0 Å². The highest BCUT2D eigenvalue weighted by Gasteiger charge is 2.14. The van der Waals surface area contributed by atoms with Gasteiger partial charge in [-0.25, -0.2) is 0 Å². The van der Waals surface area contributed by atoms with Crippen molar-refractivity contribution in [3.63, 3.8) is 0 Å². The lowest BCUT2D eigenvalue weighted by Gasteiger charge is -2.26. The Morgan fingerprint density at radius 2 is 1.69 bits per heavy atom. The van der Waals surface area contributed by atoms with Crippen LogP contribution < -0.4 is 5.11 Å². The molecule has 0 aliphatic carbocycles. The van der Waals surface area contributed by atoms with E-state index in [4.69, 9.17) is 9.66 Å². The molecule has 0 saturated heterocycles. The monoisotopic (exact) mass is 257 g/mol. The Morgan fingerprint density at radius 1 is 1.38 bits per heavy atom. The third-order valence-electron chi connectivity index (χ3n) is 1.16. The highest BCUT2D eigenvalue weighted by Crippen LogP contribution is 1.97. The fraction of sp³-hybridized carbons (Fsp3) is 0.875. The Labute approximate surface area is 95.6 Å². The Hall–Kier alpha value is -0.700. The molecule has 0 fully saturated rings. The number of hydrogen-bond donors (Lipinski definition) is 2. The van der Waals surface area contributed by atoms with Crippen LogP contribution in [0, 0.1) is 0 Å². The van der Waals surface area contributed by atoms with Crippen molar-refractivity contribution in [2.75, 3.05) is 33.9 Å². The molecule has 0 bridgehead atoms. The maximum absolute atomic E-state index is 10.0. The minimum absolute atomic E-state index is 0.282. The van der Waals surface area contributed by atoms with Crippen molar-refractivity contribution in [1.82, 2.24) is 0 Å². The Kier molecular flexibility index (Phi) is 7.51. The standard InChI is InChI=1S/C7H15NO3.CH4O3S/c1-8(2,3)5-6(9)4-7(10)11;1-5(2,3)4/h6,9H,4-5H2,1-3H3;1H3,(H,2,3,4)/t6-;/m1./s1. The van der Waals surface area contributed by atoms with Gasteiger partial charge in [0.1, 0.15) is 12.6 Å². The van der Waals surface area contributed by atoms with Gasteiger partial charge in [0.25, 0.3) is 10.1 Å². The lowest BCUT2D eigenvalue weighted by molar-refractivity contribution is -0.873. The molecule has 0 unspecified atom stereocenters. The number of rotatable bonds is 4. The van der Waals surface area contributed by atoms with Crippen LogP contribution in [0.5, 0.6) is 0 Å². The van der Waals surface area contributed by atoms with Gasteiger partial charge in [0, 0.05) is 12.4 Å². The summed E-state index contributed by atoms with van der Waals surface area (Å²) < 4.78 is 26.4. The van der Waals surface area contributed by atoms with Crippen molar-refractivity contribution in [2.24, 2.45) is 0 Å². The summed E-state index contributed by atoms with van der Waals surface area (Å²) in [5, 5.41) is 19.1. The minimum atomic E-state index is -3.67. The van der Waals surface area contributed by atoms with E-state index < -0.39 is 22.2 Å². The topological polar surface area (TPSA) is 115 Å². The van der Waals surface area contributed by atoms with Gasteiger partial charge in [-0.2, -0.15) is 8.42 Å². The zero-order chi connectivity index (χ0) is 13.6. The van der Waals surface area contributed by atoms with Crippen molar-refractivity contribution in [1.29, 1.82) is 0 Å². The molecular formula is C8H19NO6S. The summed E-state index contributed by atoms with van der Waals surface area (Å²) in [5.41, 5.74) is 0. The maximum Gasteiger partial charge on any atom is 0.261 e. The first-order valence-electron chi connectivity index (χ1n) is 4.42. The SMILES string of the molecule is CS(=O)(=O)O.C[N+](C)(C)C[C@H](O)CC(=O)[O-]. The molecule has 0 aromatic rings. The summed E-state index contributed by atoms with van der Waals surface area (Å²) >= 11 is 0. The molecule has 0 radical (unpaired) electrons. The second-order valence-electron chi connectivity index (χ2n) is 4.44. The Morgan fingerprint density at radius 3 is 1.88 bits per heavy atom. The van der Waals surface area contributed by atoms with Crippen molar-refractivity contribution < 1.29 is 32.5 Å². The molecule has 8 heteroatoms. The highest BCUT2D eigenvalue weighted by molar-refractivity contribution is 7.85. The zero-order valence-electron chi connectivity index (χ0n) is 9.87. The van der Waals surface area contributed by atoms with Gasteiger partial charge in [0.2, 0.25) is 0 Å². The quantitative estimate of drug-likeness (QED) is 0.432. The van der Waals surface area contributed by atoms with E-state index in [0.29, 0.717) is 17.3 Å². The fourth-order valence-electron chi connectivity index (χ4n) is 0.889. The van der Waals surface area contributed by atoms with Gasteiger partial charge in [0.15, 0.2) is 0 Å². The number of aliphatic hydroxyl groups is 1. The smallest absolute Gasteiger partial charge is 0.261 e. The highest BCUT2D eigenvalue weighted by atomic mass is 32.2. The molecule has 0 aromatic carbocycles. The lowest BCUT2D eigenvalue weighted by atomic mass is 10.2. The molecule has 0 heterocycles. The molecule has 0 saturated carbocycles. The molecule has 0 aliphatic heterocycles. The van der Waals surface area contributed by atoms with E-state index in [0.717, 1.165) is 0 Å². The molecule has 7 nitrogen and oxygen atoms in total. The molecule has 0 aliphatic rings. The van der Waals surface area contributed by atoms with Crippen LogP contribution in [0.25, 0.3) is 0 Å². The summed E-state index contributed by atoms with van der Waals surface area (Å²) in [7, 11) is 2.00. The van der Waals surface area contributed by atoms with Crippen molar-refractivity contribution >= 4 is 16.1 Å². The number of carbonyl (C=O) groups is 1. The molecule has 2 N–H and O–H groups in total. The molecule has 0 amide bonds. The first-order chi connectivity index (χ1) is 6.81. The zero-order valence-corrected chi connectivity index (χ0v) is 10.7. The average Bonchev–Trinajstić information content (AvgIpc) is 1.72. The van der Waals surface area contributed by atoms with Crippen LogP contribution in [0.4, 0.5) is 0 Å². The third-order valence-corrected chi connectivity index (χ3v) is 1.16. The fourth-order valence-corrected chi connectivity index (χ4v) is 0.889. The van der Waals surface area contributed by atoms with E-state index in [-0.39, 0.29) is 6.42 Å². The van der Waals surface area contributed by atoms with Crippen LogP contribution in [-0.2, 0) is 14.9 Å². The predicted molar refractivity (Wildman–Crippen MR) is 56.0 cm³/mol. The van der Waals surface area contributed by atoms with Gasteiger partial charge in [-0.1, -0.05) is 0 Å². The van der Waals surface area contributed by atoms with E-state index in [2.05, 4.69) is 0 Å². The number of aliphatic carboxylic acids is 1. The van der Waals surface area contributed by atoms with Crippen LogP contribution in [0.15, 0.2) is 0 Å². The molecular weight excluding hydrogens is 238 g/mol. The van der Waals surface area contributed by atoms with Gasteiger partial charge in [-0.05, 0) is 0 Å². The Bertz CT molecular complexity index is 297. The number of likely N-dealkylation sites (N-methyl/N-ethyl adjacent to an activating group) is 1. The third kappa shape index (κ3) is 29.2. The summed E-state index contributed by atoms with van der Waals surface area (Å²) in [5.74, 6) is -1.20. The second-order valence-corrected chi connectivity index (χ2v) is 5.90. The first-order valence-corrected chi connectivity index (χ1v) is 6.27. The maximum atomic E-state index is 10.0. The molecule has 16 heavy (non-hydrogen) atoms. The number of hydrogen-bond acceptors (Lipinski definition) is 5. The predicted octanol–water partition coefficient (Wildman–Crippen LogP) is -2.30. The normalized spacial score (nSPS) is 13.6. The van der Waals surface area contributed by atoms with Gasteiger partial charge in [-0.3, -0.25) is 4.55 Å². The number of carbonyl (C=O) groups excluding carboxylic acids is 1. The van der Waals surface area contributed by atoms with Crippen LogP contribution >= 0.6 is 0 Å².